The average Bonchev–Trinajstić information content (AvgIpc) is 3.11. The smallest absolute Gasteiger partial charge is 0.344 e. The second kappa shape index (κ2) is 6.02. The number of ether oxygens (including phenoxy) is 1. The fourth-order valence-electron chi connectivity index (χ4n) is 4.29. The molecular formula is C17H20N2O6. The van der Waals surface area contributed by atoms with Gasteiger partial charge in [0, 0.05) is 24.3 Å². The van der Waals surface area contributed by atoms with Crippen LogP contribution in [-0.2, 0) is 9.53 Å². The third-order valence-corrected chi connectivity index (χ3v) is 5.53. The van der Waals surface area contributed by atoms with Crippen LogP contribution in [0.15, 0.2) is 12.1 Å². The van der Waals surface area contributed by atoms with Gasteiger partial charge in [0.25, 0.3) is 5.69 Å². The number of anilines is 1. The summed E-state index contributed by atoms with van der Waals surface area (Å²) in [5, 5.41) is 21.0. The Morgan fingerprint density at radius 1 is 1.44 bits per heavy atom. The monoisotopic (exact) mass is 348 g/mol. The van der Waals surface area contributed by atoms with Crippen molar-refractivity contribution in [2.24, 2.45) is 11.3 Å². The summed E-state index contributed by atoms with van der Waals surface area (Å²) in [6, 6.07) is 3.08. The molecule has 0 amide bonds. The highest BCUT2D eigenvalue weighted by Gasteiger charge is 2.55. The number of nitro groups is 1. The number of carbonyl (C=O) groups excluding carboxylic acids is 1. The van der Waals surface area contributed by atoms with Gasteiger partial charge >= 0.3 is 11.9 Å². The molecule has 1 saturated heterocycles. The molecule has 1 aliphatic carbocycles. The molecule has 3 rings (SSSR count). The van der Waals surface area contributed by atoms with Crippen molar-refractivity contribution in [2.75, 3.05) is 25.1 Å². The lowest BCUT2D eigenvalue weighted by molar-refractivity contribution is -0.385. The van der Waals surface area contributed by atoms with Gasteiger partial charge in [0.05, 0.1) is 17.4 Å². The molecule has 1 saturated carbocycles. The minimum atomic E-state index is -0.788. The zero-order chi connectivity index (χ0) is 18.4. The Morgan fingerprint density at radius 2 is 2.16 bits per heavy atom. The van der Waals surface area contributed by atoms with Crippen LogP contribution in [0.5, 0.6) is 0 Å². The van der Waals surface area contributed by atoms with Crippen LogP contribution >= 0.6 is 0 Å². The maximum atomic E-state index is 12.0. The number of esters is 1. The van der Waals surface area contributed by atoms with Gasteiger partial charge in [-0.3, -0.25) is 14.9 Å². The Balaban J connectivity index is 2.02. The van der Waals surface area contributed by atoms with Crippen molar-refractivity contribution in [3.63, 3.8) is 0 Å². The van der Waals surface area contributed by atoms with E-state index in [1.54, 1.807) is 13.0 Å². The maximum absolute atomic E-state index is 12.0. The highest BCUT2D eigenvalue weighted by Crippen LogP contribution is 2.50. The number of carbonyl (C=O) groups is 2. The first-order valence-corrected chi connectivity index (χ1v) is 8.16. The number of aryl methyl sites for hydroxylation is 1. The topological polar surface area (TPSA) is 110 Å². The van der Waals surface area contributed by atoms with E-state index in [4.69, 9.17) is 0 Å². The Labute approximate surface area is 144 Å². The summed E-state index contributed by atoms with van der Waals surface area (Å²) < 4.78 is 4.68. The third kappa shape index (κ3) is 2.61. The van der Waals surface area contributed by atoms with Crippen LogP contribution in [0.25, 0.3) is 0 Å². The summed E-state index contributed by atoms with van der Waals surface area (Å²) in [6.45, 7) is 2.49. The number of hydrogen-bond acceptors (Lipinski definition) is 6. The maximum Gasteiger partial charge on any atom is 0.344 e. The normalized spacial score (nSPS) is 24.9. The van der Waals surface area contributed by atoms with Gasteiger partial charge in [-0.25, -0.2) is 4.79 Å². The molecule has 8 nitrogen and oxygen atoms in total. The number of carboxylic acids is 1. The van der Waals surface area contributed by atoms with Gasteiger partial charge in [0.1, 0.15) is 5.56 Å². The lowest BCUT2D eigenvalue weighted by atomic mass is 9.81. The number of hydrogen-bond donors (Lipinski definition) is 1. The van der Waals surface area contributed by atoms with Crippen molar-refractivity contribution >= 4 is 23.3 Å². The molecule has 0 spiro atoms. The summed E-state index contributed by atoms with van der Waals surface area (Å²) >= 11 is 0. The van der Waals surface area contributed by atoms with E-state index in [-0.39, 0.29) is 17.2 Å². The Bertz CT molecular complexity index is 762. The molecule has 134 valence electrons. The molecule has 0 radical (unpaired) electrons. The summed E-state index contributed by atoms with van der Waals surface area (Å²) in [5.74, 6) is -1.50. The minimum absolute atomic E-state index is 0.0575. The Hall–Kier alpha value is -2.64. The van der Waals surface area contributed by atoms with Crippen LogP contribution < -0.4 is 4.90 Å². The van der Waals surface area contributed by atoms with Crippen LogP contribution in [-0.4, -0.2) is 42.2 Å². The van der Waals surface area contributed by atoms with E-state index in [0.29, 0.717) is 30.8 Å². The number of carboxylic acid groups (broad SMARTS) is 1. The van der Waals surface area contributed by atoms with E-state index < -0.39 is 22.3 Å². The molecule has 1 heterocycles. The molecule has 1 aromatic carbocycles. The van der Waals surface area contributed by atoms with Crippen molar-refractivity contribution in [1.82, 2.24) is 0 Å². The van der Waals surface area contributed by atoms with Gasteiger partial charge in [0.2, 0.25) is 0 Å². The van der Waals surface area contributed by atoms with Crippen LogP contribution in [0.4, 0.5) is 11.4 Å². The van der Waals surface area contributed by atoms with Crippen LogP contribution in [0.3, 0.4) is 0 Å². The number of fused-ring (bicyclic) bond motifs is 1. The molecule has 0 bridgehead atoms. The van der Waals surface area contributed by atoms with E-state index in [0.717, 1.165) is 12.8 Å². The van der Waals surface area contributed by atoms with E-state index in [9.17, 15) is 24.8 Å². The molecule has 1 N–H and O–H groups in total. The Morgan fingerprint density at radius 3 is 2.72 bits per heavy atom. The van der Waals surface area contributed by atoms with Crippen molar-refractivity contribution in [3.05, 3.63) is 33.4 Å². The lowest BCUT2D eigenvalue weighted by Gasteiger charge is -2.24. The summed E-state index contributed by atoms with van der Waals surface area (Å²) in [4.78, 5) is 36.4. The van der Waals surface area contributed by atoms with Gasteiger partial charge in [-0.2, -0.15) is 0 Å². The molecule has 1 aromatic rings. The van der Waals surface area contributed by atoms with Crippen LogP contribution in [0.2, 0.25) is 0 Å². The van der Waals surface area contributed by atoms with Crippen molar-refractivity contribution in [1.29, 1.82) is 0 Å². The highest BCUT2D eigenvalue weighted by atomic mass is 16.6. The number of rotatable bonds is 4. The summed E-state index contributed by atoms with van der Waals surface area (Å²) in [7, 11) is 1.17. The molecule has 0 aromatic heterocycles. The first-order valence-electron chi connectivity index (χ1n) is 8.16. The average molecular weight is 348 g/mol. The quantitative estimate of drug-likeness (QED) is 0.505. The van der Waals surface area contributed by atoms with Crippen molar-refractivity contribution in [2.45, 2.75) is 26.2 Å². The van der Waals surface area contributed by atoms with E-state index in [1.165, 1.54) is 13.2 Å². The molecule has 2 fully saturated rings. The zero-order valence-electron chi connectivity index (χ0n) is 14.2. The van der Waals surface area contributed by atoms with Crippen molar-refractivity contribution < 1.29 is 24.4 Å². The minimum Gasteiger partial charge on any atom is -0.481 e. The number of nitrogens with zero attached hydrogens (tertiary/aromatic N) is 2. The largest absolute Gasteiger partial charge is 0.481 e. The summed E-state index contributed by atoms with van der Waals surface area (Å²) in [5.41, 5.74) is -0.170. The predicted molar refractivity (Wildman–Crippen MR) is 88.8 cm³/mol. The number of benzene rings is 1. The predicted octanol–water partition coefficient (Wildman–Crippen LogP) is 2.38. The van der Waals surface area contributed by atoms with Gasteiger partial charge in [0.15, 0.2) is 0 Å². The molecule has 0 unspecified atom stereocenters. The molecule has 1 aliphatic heterocycles. The molecular weight excluding hydrogens is 328 g/mol. The molecule has 2 aliphatic rings. The second-order valence-corrected chi connectivity index (χ2v) is 6.84. The molecule has 8 heteroatoms. The van der Waals surface area contributed by atoms with Gasteiger partial charge in [-0.15, -0.1) is 0 Å². The highest BCUT2D eigenvalue weighted by molar-refractivity contribution is 5.96. The van der Waals surface area contributed by atoms with E-state index in [2.05, 4.69) is 4.74 Å². The standard InChI is InChI=1S/C17H20N2O6/c1-10-6-12(7-13(15(20)25-2)14(10)19(23)24)18-8-11-4-3-5-17(11,9-18)16(21)22/h6-7,11H,3-5,8-9H2,1-2H3,(H,21,22)/t11-,17+/m0/s1. The summed E-state index contributed by atoms with van der Waals surface area (Å²) in [6.07, 6.45) is 2.40. The second-order valence-electron chi connectivity index (χ2n) is 6.84. The first kappa shape index (κ1) is 17.2. The number of aliphatic carboxylic acids is 1. The fraction of sp³-hybridized carbons (Fsp3) is 0.529. The van der Waals surface area contributed by atoms with Gasteiger partial charge < -0.3 is 14.7 Å². The molecule has 25 heavy (non-hydrogen) atoms. The van der Waals surface area contributed by atoms with E-state index in [1.807, 2.05) is 4.90 Å². The lowest BCUT2D eigenvalue weighted by Crippen LogP contribution is -2.35. The fourth-order valence-corrected chi connectivity index (χ4v) is 4.29. The van der Waals surface area contributed by atoms with Crippen molar-refractivity contribution in [3.8, 4) is 0 Å². The zero-order valence-corrected chi connectivity index (χ0v) is 14.2. The van der Waals surface area contributed by atoms with Gasteiger partial charge in [-0.1, -0.05) is 6.42 Å². The third-order valence-electron chi connectivity index (χ3n) is 5.53. The van der Waals surface area contributed by atoms with E-state index >= 15 is 0 Å². The first-order chi connectivity index (χ1) is 11.8. The van der Waals surface area contributed by atoms with Gasteiger partial charge in [-0.05, 0) is 37.8 Å². The Kier molecular flexibility index (Phi) is 4.14. The number of methoxy groups -OCH3 is 1. The number of nitro benzene ring substituents is 1. The molecule has 2 atom stereocenters. The van der Waals surface area contributed by atoms with Crippen LogP contribution in [0.1, 0.15) is 35.2 Å². The van der Waals surface area contributed by atoms with Crippen LogP contribution in [0, 0.1) is 28.4 Å². The SMILES string of the molecule is COC(=O)c1cc(N2C[C@@H]3CCC[C@@]3(C(=O)O)C2)cc(C)c1[N+](=O)[O-].